The van der Waals surface area contributed by atoms with E-state index in [1.165, 1.54) is 11.3 Å². The van der Waals surface area contributed by atoms with Crippen LogP contribution in [0, 0.1) is 0 Å². The van der Waals surface area contributed by atoms with Gasteiger partial charge < -0.3 is 5.11 Å². The topological polar surface area (TPSA) is 50.2 Å². The monoisotopic (exact) mass is 219 g/mol. The van der Waals surface area contributed by atoms with E-state index in [0.717, 1.165) is 10.6 Å². The molecule has 0 aliphatic heterocycles. The molecule has 0 saturated carbocycles. The average molecular weight is 219 g/mol. The second-order valence-electron chi connectivity index (χ2n) is 3.07. The third-order valence-corrected chi connectivity index (χ3v) is 3.03. The lowest BCUT2D eigenvalue weighted by molar-refractivity contribution is 0.0702. The minimum absolute atomic E-state index is 0.376. The molecule has 0 radical (unpaired) electrons. The molecule has 76 valence electrons. The van der Waals surface area contributed by atoms with Crippen molar-refractivity contribution in [2.24, 2.45) is 0 Å². The Hall–Kier alpha value is -1.68. The van der Waals surface area contributed by atoms with Gasteiger partial charge >= 0.3 is 5.97 Å². The summed E-state index contributed by atoms with van der Waals surface area (Å²) in [7, 11) is 0. The molecule has 0 spiro atoms. The van der Waals surface area contributed by atoms with Gasteiger partial charge in [-0.2, -0.15) is 0 Å². The number of hydrogen-bond donors (Lipinski definition) is 1. The molecule has 2 rings (SSSR count). The molecule has 4 heteroatoms. The van der Waals surface area contributed by atoms with Crippen LogP contribution in [0.25, 0.3) is 0 Å². The lowest BCUT2D eigenvalue weighted by Crippen LogP contribution is -1.90. The first-order valence-electron chi connectivity index (χ1n) is 4.47. The number of carboxylic acid groups (broad SMARTS) is 1. The lowest BCUT2D eigenvalue weighted by Gasteiger charge is -1.95. The Kier molecular flexibility index (Phi) is 2.78. The Balaban J connectivity index is 2.15. The van der Waals surface area contributed by atoms with Crippen molar-refractivity contribution in [1.82, 2.24) is 4.98 Å². The molecule has 3 nitrogen and oxygen atoms in total. The summed E-state index contributed by atoms with van der Waals surface area (Å²) in [6.45, 7) is 0. The van der Waals surface area contributed by atoms with Crippen molar-refractivity contribution in [2.45, 2.75) is 6.42 Å². The van der Waals surface area contributed by atoms with E-state index in [0.29, 0.717) is 11.3 Å². The van der Waals surface area contributed by atoms with E-state index in [-0.39, 0.29) is 0 Å². The molecule has 0 aliphatic rings. The molecule has 1 N–H and O–H groups in total. The fourth-order valence-electron chi connectivity index (χ4n) is 1.27. The number of pyridine rings is 1. The third kappa shape index (κ3) is 2.41. The molecular weight excluding hydrogens is 210 g/mol. The molecule has 0 aromatic carbocycles. The number of carboxylic acids is 1. The number of hydrogen-bond acceptors (Lipinski definition) is 3. The second kappa shape index (κ2) is 4.23. The van der Waals surface area contributed by atoms with Crippen molar-refractivity contribution < 1.29 is 9.90 Å². The highest BCUT2D eigenvalue weighted by Crippen LogP contribution is 2.18. The largest absolute Gasteiger partial charge is 0.477 e. The average Bonchev–Trinajstić information content (AvgIpc) is 2.68. The van der Waals surface area contributed by atoms with Crippen LogP contribution < -0.4 is 0 Å². The third-order valence-electron chi connectivity index (χ3n) is 1.95. The summed E-state index contributed by atoms with van der Waals surface area (Å²) < 4.78 is 0. The first-order chi connectivity index (χ1) is 7.25. The van der Waals surface area contributed by atoms with Crippen molar-refractivity contribution >= 4 is 17.3 Å². The molecule has 0 bridgehead atoms. The van der Waals surface area contributed by atoms with Crippen molar-refractivity contribution in [3.8, 4) is 0 Å². The van der Waals surface area contributed by atoms with Crippen LogP contribution in [0.5, 0.6) is 0 Å². The van der Waals surface area contributed by atoms with Crippen molar-refractivity contribution in [1.29, 1.82) is 0 Å². The molecule has 0 aliphatic carbocycles. The van der Waals surface area contributed by atoms with Gasteiger partial charge in [0, 0.05) is 23.2 Å². The molecule has 0 amide bonds. The Bertz CT molecular complexity index is 464. The first kappa shape index (κ1) is 9.86. The van der Waals surface area contributed by atoms with Gasteiger partial charge in [0.15, 0.2) is 0 Å². The molecule has 0 saturated heterocycles. The zero-order chi connectivity index (χ0) is 10.7. The number of nitrogens with zero attached hydrogens (tertiary/aromatic N) is 1. The predicted molar refractivity (Wildman–Crippen MR) is 58.3 cm³/mol. The fraction of sp³-hybridized carbons (Fsp3) is 0.0909. The lowest BCUT2D eigenvalue weighted by atomic mass is 10.2. The Morgan fingerprint density at radius 2 is 2.20 bits per heavy atom. The predicted octanol–water partition coefficient (Wildman–Crippen LogP) is 2.43. The van der Waals surface area contributed by atoms with Gasteiger partial charge in [-0.3, -0.25) is 4.98 Å². The molecule has 2 aromatic rings. The van der Waals surface area contributed by atoms with Crippen LogP contribution >= 0.6 is 11.3 Å². The highest BCUT2D eigenvalue weighted by Gasteiger charge is 2.07. The number of aromatic nitrogens is 1. The van der Waals surface area contributed by atoms with Gasteiger partial charge in [0.25, 0.3) is 0 Å². The van der Waals surface area contributed by atoms with Crippen LogP contribution in [0.4, 0.5) is 0 Å². The van der Waals surface area contributed by atoms with E-state index in [1.807, 2.05) is 24.3 Å². The molecule has 0 atom stereocenters. The minimum Gasteiger partial charge on any atom is -0.477 e. The Morgan fingerprint density at radius 1 is 1.33 bits per heavy atom. The maximum absolute atomic E-state index is 10.7. The van der Waals surface area contributed by atoms with Crippen molar-refractivity contribution in [3.63, 3.8) is 0 Å². The second-order valence-corrected chi connectivity index (χ2v) is 4.24. The summed E-state index contributed by atoms with van der Waals surface area (Å²) >= 11 is 1.30. The van der Waals surface area contributed by atoms with Crippen LogP contribution in [0.15, 0.2) is 36.5 Å². The number of rotatable bonds is 3. The van der Waals surface area contributed by atoms with Gasteiger partial charge in [0.2, 0.25) is 0 Å². The van der Waals surface area contributed by atoms with Gasteiger partial charge in [-0.1, -0.05) is 6.07 Å². The molecule has 2 heterocycles. The highest BCUT2D eigenvalue weighted by molar-refractivity contribution is 7.13. The first-order valence-corrected chi connectivity index (χ1v) is 5.29. The zero-order valence-corrected chi connectivity index (χ0v) is 8.70. The molecule has 2 aromatic heterocycles. The summed E-state index contributed by atoms with van der Waals surface area (Å²) in [5.41, 5.74) is 0.955. The summed E-state index contributed by atoms with van der Waals surface area (Å²) in [5, 5.41) is 8.76. The SMILES string of the molecule is O=C(O)c1ccc(Cc2ccccn2)s1. The zero-order valence-electron chi connectivity index (χ0n) is 7.88. The van der Waals surface area contributed by atoms with Gasteiger partial charge in [-0.05, 0) is 24.3 Å². The van der Waals surface area contributed by atoms with E-state index < -0.39 is 5.97 Å². The standard InChI is InChI=1S/C11H9NO2S/c13-11(14)10-5-4-9(15-10)7-8-3-1-2-6-12-8/h1-6H,7H2,(H,13,14). The van der Waals surface area contributed by atoms with Crippen LogP contribution in [-0.4, -0.2) is 16.1 Å². The summed E-state index contributed by atoms with van der Waals surface area (Å²) in [6.07, 6.45) is 2.43. The van der Waals surface area contributed by atoms with E-state index in [4.69, 9.17) is 5.11 Å². The smallest absolute Gasteiger partial charge is 0.345 e. The Morgan fingerprint density at radius 3 is 2.80 bits per heavy atom. The molecule has 15 heavy (non-hydrogen) atoms. The summed E-state index contributed by atoms with van der Waals surface area (Å²) in [4.78, 5) is 16.2. The maximum Gasteiger partial charge on any atom is 0.345 e. The quantitative estimate of drug-likeness (QED) is 0.862. The molecule has 0 unspecified atom stereocenters. The van der Waals surface area contributed by atoms with Gasteiger partial charge in [-0.15, -0.1) is 11.3 Å². The fourth-order valence-corrected chi connectivity index (χ4v) is 2.13. The minimum atomic E-state index is -0.868. The normalized spacial score (nSPS) is 10.1. The van der Waals surface area contributed by atoms with E-state index in [1.54, 1.807) is 12.3 Å². The van der Waals surface area contributed by atoms with Crippen LogP contribution in [0.2, 0.25) is 0 Å². The van der Waals surface area contributed by atoms with Gasteiger partial charge in [-0.25, -0.2) is 4.79 Å². The van der Waals surface area contributed by atoms with Crippen molar-refractivity contribution in [3.05, 3.63) is 52.0 Å². The molecule has 0 fully saturated rings. The van der Waals surface area contributed by atoms with Crippen LogP contribution in [0.1, 0.15) is 20.2 Å². The number of aromatic carboxylic acids is 1. The summed E-state index contributed by atoms with van der Waals surface area (Å²) in [5.74, 6) is -0.868. The number of carbonyl (C=O) groups is 1. The molecular formula is C11H9NO2S. The summed E-state index contributed by atoms with van der Waals surface area (Å²) in [6, 6.07) is 9.18. The van der Waals surface area contributed by atoms with Crippen LogP contribution in [-0.2, 0) is 6.42 Å². The van der Waals surface area contributed by atoms with Crippen LogP contribution in [0.3, 0.4) is 0 Å². The Labute approximate surface area is 91.0 Å². The highest BCUT2D eigenvalue weighted by atomic mass is 32.1. The maximum atomic E-state index is 10.7. The van der Waals surface area contributed by atoms with Gasteiger partial charge in [0.1, 0.15) is 4.88 Å². The van der Waals surface area contributed by atoms with E-state index in [9.17, 15) is 4.79 Å². The number of thiophene rings is 1. The van der Waals surface area contributed by atoms with Crippen molar-refractivity contribution in [2.75, 3.05) is 0 Å². The van der Waals surface area contributed by atoms with E-state index in [2.05, 4.69) is 4.98 Å². The van der Waals surface area contributed by atoms with E-state index >= 15 is 0 Å². The van der Waals surface area contributed by atoms with Gasteiger partial charge in [0.05, 0.1) is 0 Å².